The van der Waals surface area contributed by atoms with Crippen LogP contribution in [0.4, 0.5) is 0 Å². The average molecular weight is 254 g/mol. The summed E-state index contributed by atoms with van der Waals surface area (Å²) in [7, 11) is 2.06. The van der Waals surface area contributed by atoms with Gasteiger partial charge in [-0.25, -0.2) is 0 Å². The lowest BCUT2D eigenvalue weighted by Crippen LogP contribution is -2.49. The third-order valence-corrected chi connectivity index (χ3v) is 5.15. The number of likely N-dealkylation sites (tertiary alicyclic amines) is 1. The first-order chi connectivity index (χ1) is 8.72. The molecular weight excluding hydrogens is 224 g/mol. The van der Waals surface area contributed by atoms with Crippen LogP contribution in [-0.4, -0.2) is 48.3 Å². The van der Waals surface area contributed by atoms with Gasteiger partial charge in [-0.2, -0.15) is 0 Å². The molecule has 2 rings (SSSR count). The van der Waals surface area contributed by atoms with Crippen molar-refractivity contribution >= 4 is 0 Å². The number of aliphatic hydroxyl groups excluding tert-OH is 1. The molecule has 1 heterocycles. The normalized spacial score (nSPS) is 34.2. The van der Waals surface area contributed by atoms with Crippen LogP contribution in [0.2, 0.25) is 0 Å². The van der Waals surface area contributed by atoms with Crippen LogP contribution in [-0.2, 0) is 0 Å². The average Bonchev–Trinajstić information content (AvgIpc) is 2.63. The highest BCUT2D eigenvalue weighted by Crippen LogP contribution is 2.27. The minimum atomic E-state index is -0.0780. The van der Waals surface area contributed by atoms with Crippen LogP contribution in [0.1, 0.15) is 51.9 Å². The lowest BCUT2D eigenvalue weighted by molar-refractivity contribution is 0.0222. The molecule has 106 valence electrons. The molecule has 0 aromatic carbocycles. The third kappa shape index (κ3) is 3.46. The topological polar surface area (TPSA) is 35.5 Å². The molecule has 0 radical (unpaired) electrons. The van der Waals surface area contributed by atoms with Gasteiger partial charge in [0.05, 0.1) is 6.10 Å². The summed E-state index contributed by atoms with van der Waals surface area (Å²) in [5, 5.41) is 13.6. The van der Waals surface area contributed by atoms with Crippen LogP contribution in [0.15, 0.2) is 0 Å². The molecular formula is C15H30N2O. The molecule has 2 N–H and O–H groups in total. The Morgan fingerprint density at radius 2 is 1.72 bits per heavy atom. The Morgan fingerprint density at radius 1 is 1.06 bits per heavy atom. The molecule has 3 unspecified atom stereocenters. The monoisotopic (exact) mass is 254 g/mol. The largest absolute Gasteiger partial charge is 0.391 e. The zero-order valence-corrected chi connectivity index (χ0v) is 12.1. The summed E-state index contributed by atoms with van der Waals surface area (Å²) in [6.07, 6.45) is 8.52. The maximum absolute atomic E-state index is 10.3. The molecule has 1 aliphatic carbocycles. The van der Waals surface area contributed by atoms with Crippen molar-refractivity contribution in [1.29, 1.82) is 0 Å². The second-order valence-electron chi connectivity index (χ2n) is 6.22. The maximum Gasteiger partial charge on any atom is 0.0695 e. The van der Waals surface area contributed by atoms with Crippen molar-refractivity contribution < 1.29 is 5.11 Å². The Morgan fingerprint density at radius 3 is 2.39 bits per heavy atom. The summed E-state index contributed by atoms with van der Waals surface area (Å²) in [6, 6.07) is 1.07. The van der Waals surface area contributed by atoms with Crippen LogP contribution >= 0.6 is 0 Å². The van der Waals surface area contributed by atoms with Gasteiger partial charge >= 0.3 is 0 Å². The summed E-state index contributed by atoms with van der Waals surface area (Å²) in [5.74, 6) is 0.814. The Labute approximate surface area is 112 Å². The molecule has 3 atom stereocenters. The van der Waals surface area contributed by atoms with Gasteiger partial charge in [0.2, 0.25) is 0 Å². The smallest absolute Gasteiger partial charge is 0.0695 e. The summed E-state index contributed by atoms with van der Waals surface area (Å²) >= 11 is 0. The van der Waals surface area contributed by atoms with Crippen LogP contribution < -0.4 is 5.32 Å². The molecule has 0 aromatic rings. The molecule has 1 saturated carbocycles. The summed E-state index contributed by atoms with van der Waals surface area (Å²) in [4.78, 5) is 2.56. The number of hydrogen-bond donors (Lipinski definition) is 2. The molecule has 1 aliphatic heterocycles. The van der Waals surface area contributed by atoms with Crippen molar-refractivity contribution in [2.75, 3.05) is 20.1 Å². The zero-order chi connectivity index (χ0) is 13.0. The van der Waals surface area contributed by atoms with Gasteiger partial charge in [-0.05, 0) is 58.7 Å². The van der Waals surface area contributed by atoms with Gasteiger partial charge in [0.25, 0.3) is 0 Å². The first kappa shape index (κ1) is 14.3. The molecule has 1 saturated heterocycles. The Hall–Kier alpha value is -0.120. The van der Waals surface area contributed by atoms with Gasteiger partial charge in [-0.1, -0.05) is 19.3 Å². The van der Waals surface area contributed by atoms with E-state index in [1.807, 2.05) is 0 Å². The molecule has 0 aromatic heterocycles. The third-order valence-electron chi connectivity index (χ3n) is 5.15. The van der Waals surface area contributed by atoms with E-state index in [2.05, 4.69) is 24.2 Å². The van der Waals surface area contributed by atoms with E-state index in [4.69, 9.17) is 0 Å². The predicted octanol–water partition coefficient (Wildman–Crippen LogP) is 2.00. The van der Waals surface area contributed by atoms with Crippen molar-refractivity contribution in [3.8, 4) is 0 Å². The van der Waals surface area contributed by atoms with Crippen molar-refractivity contribution in [2.24, 2.45) is 5.92 Å². The summed E-state index contributed by atoms with van der Waals surface area (Å²) in [6.45, 7) is 4.65. The highest BCUT2D eigenvalue weighted by Gasteiger charge is 2.31. The highest BCUT2D eigenvalue weighted by molar-refractivity contribution is 4.86. The molecule has 18 heavy (non-hydrogen) atoms. The van der Waals surface area contributed by atoms with Crippen LogP contribution in [0.5, 0.6) is 0 Å². The minimum absolute atomic E-state index is 0.0780. The fourth-order valence-corrected chi connectivity index (χ4v) is 3.68. The van der Waals surface area contributed by atoms with Crippen molar-refractivity contribution in [3.05, 3.63) is 0 Å². The first-order valence-corrected chi connectivity index (χ1v) is 7.81. The van der Waals surface area contributed by atoms with Gasteiger partial charge in [0, 0.05) is 12.1 Å². The zero-order valence-electron chi connectivity index (χ0n) is 12.1. The van der Waals surface area contributed by atoms with Crippen LogP contribution in [0.25, 0.3) is 0 Å². The highest BCUT2D eigenvalue weighted by atomic mass is 16.3. The van der Waals surface area contributed by atoms with E-state index in [1.54, 1.807) is 0 Å². The number of nitrogens with zero attached hydrogens (tertiary/aromatic N) is 1. The lowest BCUT2D eigenvalue weighted by Gasteiger charge is -2.40. The molecule has 2 aliphatic rings. The van der Waals surface area contributed by atoms with E-state index in [9.17, 15) is 5.11 Å². The van der Waals surface area contributed by atoms with Gasteiger partial charge < -0.3 is 10.4 Å². The Kier molecular flexibility index (Phi) is 5.46. The number of aliphatic hydroxyl groups is 1. The minimum Gasteiger partial charge on any atom is -0.391 e. The molecule has 0 spiro atoms. The fraction of sp³-hybridized carbons (Fsp3) is 1.00. The molecule has 2 fully saturated rings. The second-order valence-corrected chi connectivity index (χ2v) is 6.22. The Balaban J connectivity index is 1.84. The standard InChI is InChI=1S/C15H30N2O/c1-12(16-2)13-8-10-17(11-9-13)14-6-4-3-5-7-15(14)18/h12-16,18H,3-11H2,1-2H3. The van der Waals surface area contributed by atoms with Crippen molar-refractivity contribution in [1.82, 2.24) is 10.2 Å². The van der Waals surface area contributed by atoms with Crippen LogP contribution in [0, 0.1) is 5.92 Å². The van der Waals surface area contributed by atoms with E-state index in [0.29, 0.717) is 12.1 Å². The van der Waals surface area contributed by atoms with E-state index in [1.165, 1.54) is 51.6 Å². The van der Waals surface area contributed by atoms with Gasteiger partial charge in [0.15, 0.2) is 0 Å². The van der Waals surface area contributed by atoms with Crippen molar-refractivity contribution in [2.45, 2.75) is 70.1 Å². The number of rotatable bonds is 3. The van der Waals surface area contributed by atoms with E-state index >= 15 is 0 Å². The first-order valence-electron chi connectivity index (χ1n) is 7.81. The van der Waals surface area contributed by atoms with E-state index in [0.717, 1.165) is 12.3 Å². The van der Waals surface area contributed by atoms with Gasteiger partial charge in [0.1, 0.15) is 0 Å². The van der Waals surface area contributed by atoms with Crippen LogP contribution in [0.3, 0.4) is 0 Å². The summed E-state index contributed by atoms with van der Waals surface area (Å²) < 4.78 is 0. The number of piperidine rings is 1. The number of hydrogen-bond acceptors (Lipinski definition) is 3. The quantitative estimate of drug-likeness (QED) is 0.756. The Bertz CT molecular complexity index is 239. The summed E-state index contributed by atoms with van der Waals surface area (Å²) in [5.41, 5.74) is 0. The van der Waals surface area contributed by atoms with Gasteiger partial charge in [-0.3, -0.25) is 4.90 Å². The lowest BCUT2D eigenvalue weighted by atomic mass is 9.89. The van der Waals surface area contributed by atoms with Gasteiger partial charge in [-0.15, -0.1) is 0 Å². The SMILES string of the molecule is CNC(C)C1CCN(C2CCCCCC2O)CC1. The van der Waals surface area contributed by atoms with Crippen molar-refractivity contribution in [3.63, 3.8) is 0 Å². The predicted molar refractivity (Wildman–Crippen MR) is 75.7 cm³/mol. The molecule has 3 heteroatoms. The maximum atomic E-state index is 10.3. The fourth-order valence-electron chi connectivity index (χ4n) is 3.68. The molecule has 0 amide bonds. The van der Waals surface area contributed by atoms with E-state index < -0.39 is 0 Å². The number of nitrogens with one attached hydrogen (secondary N) is 1. The van der Waals surface area contributed by atoms with E-state index in [-0.39, 0.29) is 6.10 Å². The molecule has 0 bridgehead atoms. The molecule has 3 nitrogen and oxygen atoms in total. The second kappa shape index (κ2) is 6.88.